The molecular weight excluding hydrogens is 630 g/mol. The van der Waals surface area contributed by atoms with E-state index in [9.17, 15) is 18.0 Å². The topological polar surface area (TPSA) is 96.0 Å². The second kappa shape index (κ2) is 14.7. The van der Waals surface area contributed by atoms with E-state index in [0.29, 0.717) is 6.54 Å². The average Bonchev–Trinajstić information content (AvgIpc) is 2.94. The molecule has 1 atom stereocenters. The van der Waals surface area contributed by atoms with Crippen molar-refractivity contribution in [3.8, 4) is 5.75 Å². The molecule has 1 N–H and O–H groups in total. The fourth-order valence-corrected chi connectivity index (χ4v) is 6.19. The lowest BCUT2D eigenvalue weighted by Gasteiger charge is -2.32. The average molecular weight is 665 g/mol. The summed E-state index contributed by atoms with van der Waals surface area (Å²) < 4.78 is 35.3. The molecule has 0 aliphatic carbocycles. The van der Waals surface area contributed by atoms with E-state index >= 15 is 0 Å². The van der Waals surface area contributed by atoms with E-state index in [-0.39, 0.29) is 33.8 Å². The molecule has 0 aliphatic rings. The third kappa shape index (κ3) is 8.47. The van der Waals surface area contributed by atoms with Gasteiger partial charge in [-0.15, -0.1) is 0 Å². The first-order chi connectivity index (χ1) is 19.5. The summed E-state index contributed by atoms with van der Waals surface area (Å²) in [6, 6.07) is 17.4. The Morgan fingerprint density at radius 1 is 1.07 bits per heavy atom. The Kier molecular flexibility index (Phi) is 11.6. The molecule has 0 aliphatic heterocycles. The lowest BCUT2D eigenvalue weighted by molar-refractivity contribution is -0.139. The summed E-state index contributed by atoms with van der Waals surface area (Å²) in [6.07, 6.45) is 1.71. The molecule has 3 aromatic rings. The van der Waals surface area contributed by atoms with Crippen LogP contribution in [0.2, 0.25) is 5.02 Å². The van der Waals surface area contributed by atoms with Crippen LogP contribution in [0.25, 0.3) is 0 Å². The zero-order chi connectivity index (χ0) is 30.2. The van der Waals surface area contributed by atoms with Crippen LogP contribution in [-0.4, -0.2) is 51.4 Å². The number of amides is 2. The van der Waals surface area contributed by atoms with Crippen molar-refractivity contribution in [2.24, 2.45) is 0 Å². The van der Waals surface area contributed by atoms with E-state index in [0.717, 1.165) is 32.7 Å². The number of anilines is 1. The number of carbonyl (C=O) groups excluding carboxylic acids is 2. The van der Waals surface area contributed by atoms with E-state index in [1.165, 1.54) is 30.2 Å². The summed E-state index contributed by atoms with van der Waals surface area (Å²) in [5.41, 5.74) is 1.76. The Bertz CT molecular complexity index is 1470. The fourth-order valence-electron chi connectivity index (χ4n) is 4.16. The standard InChI is InChI=1S/C30H35BrClN3O5S/c1-5-6-16-33-30(37)22(3)34(19-23-8-7-9-24(31)17-23)29(36)20-35(27-18-25(32)12-15-28(27)40-4)41(38,39)26-13-10-21(2)11-14-26/h7-15,17-18,22H,5-6,16,19-20H2,1-4H3,(H,33,37)/t22-/m1/s1. The molecule has 0 aromatic heterocycles. The molecule has 8 nitrogen and oxygen atoms in total. The number of hydrogen-bond donors (Lipinski definition) is 1. The normalized spacial score (nSPS) is 12.0. The van der Waals surface area contributed by atoms with E-state index in [1.54, 1.807) is 31.2 Å². The van der Waals surface area contributed by atoms with Gasteiger partial charge in [-0.1, -0.05) is 70.7 Å². The molecule has 0 spiro atoms. The highest BCUT2D eigenvalue weighted by molar-refractivity contribution is 9.10. The van der Waals surface area contributed by atoms with Gasteiger partial charge in [0.25, 0.3) is 10.0 Å². The lowest BCUT2D eigenvalue weighted by Crippen LogP contribution is -2.51. The van der Waals surface area contributed by atoms with Gasteiger partial charge in [0, 0.05) is 22.6 Å². The number of nitrogens with zero attached hydrogens (tertiary/aromatic N) is 2. The molecule has 220 valence electrons. The Morgan fingerprint density at radius 2 is 1.78 bits per heavy atom. The van der Waals surface area contributed by atoms with Crippen LogP contribution in [0.1, 0.15) is 37.8 Å². The number of nitrogens with one attached hydrogen (secondary N) is 1. The first-order valence-corrected chi connectivity index (χ1v) is 15.8. The molecule has 3 aromatic carbocycles. The minimum absolute atomic E-state index is 0.00169. The number of unbranched alkanes of at least 4 members (excludes halogenated alkanes) is 1. The Balaban J connectivity index is 2.07. The second-order valence-corrected chi connectivity index (χ2v) is 12.8. The summed E-state index contributed by atoms with van der Waals surface area (Å²) in [5, 5.41) is 3.15. The largest absolute Gasteiger partial charge is 0.495 e. The number of hydrogen-bond acceptors (Lipinski definition) is 5. The van der Waals surface area contributed by atoms with Crippen LogP contribution in [0.3, 0.4) is 0 Å². The van der Waals surface area contributed by atoms with Gasteiger partial charge >= 0.3 is 0 Å². The number of methoxy groups -OCH3 is 1. The molecule has 0 bridgehead atoms. The number of halogens is 2. The maximum Gasteiger partial charge on any atom is 0.264 e. The van der Waals surface area contributed by atoms with Gasteiger partial charge in [-0.2, -0.15) is 0 Å². The number of sulfonamides is 1. The van der Waals surface area contributed by atoms with Crippen LogP contribution >= 0.6 is 27.5 Å². The first kappa shape index (κ1) is 32.4. The smallest absolute Gasteiger partial charge is 0.264 e. The second-order valence-electron chi connectivity index (χ2n) is 9.61. The maximum absolute atomic E-state index is 14.1. The third-order valence-electron chi connectivity index (χ3n) is 6.54. The van der Waals surface area contributed by atoms with Crippen molar-refractivity contribution in [1.82, 2.24) is 10.2 Å². The van der Waals surface area contributed by atoms with Crippen LogP contribution in [0.15, 0.2) is 76.1 Å². The van der Waals surface area contributed by atoms with Gasteiger partial charge < -0.3 is 15.0 Å². The van der Waals surface area contributed by atoms with Crippen molar-refractivity contribution in [2.75, 3.05) is 24.5 Å². The molecule has 41 heavy (non-hydrogen) atoms. The highest BCUT2D eigenvalue weighted by Gasteiger charge is 2.34. The summed E-state index contributed by atoms with van der Waals surface area (Å²) in [5.74, 6) is -0.669. The quantitative estimate of drug-likeness (QED) is 0.228. The number of ether oxygens (including phenoxy) is 1. The van der Waals surface area contributed by atoms with Gasteiger partial charge in [0.15, 0.2) is 0 Å². The molecule has 0 radical (unpaired) electrons. The lowest BCUT2D eigenvalue weighted by atomic mass is 10.1. The van der Waals surface area contributed by atoms with Crippen molar-refractivity contribution >= 4 is 55.1 Å². The highest BCUT2D eigenvalue weighted by atomic mass is 79.9. The Morgan fingerprint density at radius 3 is 2.41 bits per heavy atom. The van der Waals surface area contributed by atoms with Gasteiger partial charge in [-0.25, -0.2) is 8.42 Å². The molecule has 2 amide bonds. The SMILES string of the molecule is CCCCNC(=O)[C@@H](C)N(Cc1cccc(Br)c1)C(=O)CN(c1cc(Cl)ccc1OC)S(=O)(=O)c1ccc(C)cc1. The van der Waals surface area contributed by atoms with Crippen LogP contribution in [0, 0.1) is 6.92 Å². The zero-order valence-electron chi connectivity index (χ0n) is 23.6. The van der Waals surface area contributed by atoms with Gasteiger partial charge in [-0.3, -0.25) is 13.9 Å². The molecule has 0 saturated heterocycles. The van der Waals surface area contributed by atoms with Gasteiger partial charge in [0.1, 0.15) is 18.3 Å². The highest BCUT2D eigenvalue weighted by Crippen LogP contribution is 2.35. The van der Waals surface area contributed by atoms with Crippen LogP contribution in [0.4, 0.5) is 5.69 Å². The summed E-state index contributed by atoms with van der Waals surface area (Å²) >= 11 is 9.73. The molecule has 0 heterocycles. The van der Waals surface area contributed by atoms with Crippen molar-refractivity contribution in [3.63, 3.8) is 0 Å². The first-order valence-electron chi connectivity index (χ1n) is 13.2. The van der Waals surface area contributed by atoms with E-state index < -0.39 is 28.5 Å². The summed E-state index contributed by atoms with van der Waals surface area (Å²) in [6.45, 7) is 5.48. The number of carbonyl (C=O) groups is 2. The van der Waals surface area contributed by atoms with Crippen LogP contribution in [-0.2, 0) is 26.2 Å². The molecule has 0 saturated carbocycles. The maximum atomic E-state index is 14.1. The van der Waals surface area contributed by atoms with Crippen LogP contribution in [0.5, 0.6) is 5.75 Å². The third-order valence-corrected chi connectivity index (χ3v) is 9.04. The van der Waals surface area contributed by atoms with Gasteiger partial charge in [-0.05, 0) is 68.3 Å². The number of aryl methyl sites for hydroxylation is 1. The summed E-state index contributed by atoms with van der Waals surface area (Å²) in [7, 11) is -2.84. The predicted octanol–water partition coefficient (Wildman–Crippen LogP) is 5.95. The molecule has 3 rings (SSSR count). The van der Waals surface area contributed by atoms with Crippen molar-refractivity contribution in [1.29, 1.82) is 0 Å². The molecule has 11 heteroatoms. The van der Waals surface area contributed by atoms with Crippen molar-refractivity contribution < 1.29 is 22.7 Å². The predicted molar refractivity (Wildman–Crippen MR) is 166 cm³/mol. The molecule has 0 unspecified atom stereocenters. The Hall–Kier alpha value is -3.08. The minimum Gasteiger partial charge on any atom is -0.495 e. The molecular formula is C30H35BrClN3O5S. The van der Waals surface area contributed by atoms with E-state index in [1.807, 2.05) is 38.1 Å². The van der Waals surface area contributed by atoms with Crippen molar-refractivity contribution in [3.05, 3.63) is 87.4 Å². The fraction of sp³-hybridized carbons (Fsp3) is 0.333. The van der Waals surface area contributed by atoms with Gasteiger partial charge in [0.05, 0.1) is 17.7 Å². The number of benzene rings is 3. The van der Waals surface area contributed by atoms with Crippen molar-refractivity contribution in [2.45, 2.75) is 51.1 Å². The Labute approximate surface area is 255 Å². The van der Waals surface area contributed by atoms with E-state index in [2.05, 4.69) is 21.2 Å². The van der Waals surface area contributed by atoms with E-state index in [4.69, 9.17) is 16.3 Å². The van der Waals surface area contributed by atoms with Crippen LogP contribution < -0.4 is 14.4 Å². The zero-order valence-corrected chi connectivity index (χ0v) is 26.7. The minimum atomic E-state index is -4.25. The summed E-state index contributed by atoms with van der Waals surface area (Å²) in [4.78, 5) is 28.5. The molecule has 0 fully saturated rings. The van der Waals surface area contributed by atoms with Gasteiger partial charge in [0.2, 0.25) is 11.8 Å². The monoisotopic (exact) mass is 663 g/mol. The number of rotatable bonds is 13.